The van der Waals surface area contributed by atoms with Crippen molar-refractivity contribution < 1.29 is 0 Å². The molecule has 130 valence electrons. The van der Waals surface area contributed by atoms with Crippen molar-refractivity contribution in [1.82, 2.24) is 25.2 Å². The maximum Gasteiger partial charge on any atom is 0.191 e. The van der Waals surface area contributed by atoms with Crippen molar-refractivity contribution in [2.24, 2.45) is 4.99 Å². The summed E-state index contributed by atoms with van der Waals surface area (Å²) in [6, 6.07) is 16.4. The van der Waals surface area contributed by atoms with Crippen LogP contribution in [-0.4, -0.2) is 33.6 Å². The molecule has 3 aromatic rings. The molecule has 0 spiro atoms. The number of rotatable bonds is 6. The van der Waals surface area contributed by atoms with Crippen LogP contribution in [0.15, 0.2) is 59.7 Å². The van der Waals surface area contributed by atoms with Gasteiger partial charge in [0.25, 0.3) is 0 Å². The second-order valence-electron chi connectivity index (χ2n) is 5.83. The van der Waals surface area contributed by atoms with Crippen molar-refractivity contribution in [3.8, 4) is 0 Å². The zero-order valence-electron chi connectivity index (χ0n) is 14.7. The van der Waals surface area contributed by atoms with E-state index < -0.39 is 0 Å². The molecular weight excluding hydrogens is 312 g/mol. The molecule has 2 heterocycles. The number of nitrogens with zero attached hydrogens (tertiary/aromatic N) is 4. The third kappa shape index (κ3) is 4.35. The Labute approximate surface area is 148 Å². The fourth-order valence-corrected chi connectivity index (χ4v) is 2.68. The average molecular weight is 336 g/mol. The van der Waals surface area contributed by atoms with E-state index in [9.17, 15) is 0 Å². The van der Waals surface area contributed by atoms with Crippen molar-refractivity contribution in [2.45, 2.75) is 26.3 Å². The molecule has 0 saturated carbocycles. The van der Waals surface area contributed by atoms with E-state index in [1.54, 1.807) is 0 Å². The van der Waals surface area contributed by atoms with E-state index in [0.29, 0.717) is 6.54 Å². The van der Waals surface area contributed by atoms with Crippen LogP contribution < -0.4 is 10.6 Å². The fourth-order valence-electron chi connectivity index (χ4n) is 2.68. The summed E-state index contributed by atoms with van der Waals surface area (Å²) in [4.78, 5) is 4.67. The van der Waals surface area contributed by atoms with Crippen molar-refractivity contribution >= 4 is 11.6 Å². The number of benzene rings is 1. The maximum absolute atomic E-state index is 4.67. The minimum absolute atomic E-state index is 0.188. The van der Waals surface area contributed by atoms with Crippen LogP contribution in [0.5, 0.6) is 0 Å². The molecular formula is C19H24N6. The van der Waals surface area contributed by atoms with Gasteiger partial charge in [-0.3, -0.25) is 9.39 Å². The van der Waals surface area contributed by atoms with Gasteiger partial charge in [-0.2, -0.15) is 0 Å². The largest absolute Gasteiger partial charge is 0.357 e. The summed E-state index contributed by atoms with van der Waals surface area (Å²) >= 11 is 0. The Bertz CT molecular complexity index is 824. The summed E-state index contributed by atoms with van der Waals surface area (Å²) in [5.74, 6) is 1.74. The van der Waals surface area contributed by atoms with Gasteiger partial charge in [0.1, 0.15) is 5.82 Å². The molecule has 0 amide bonds. The van der Waals surface area contributed by atoms with Gasteiger partial charge in [0.05, 0.1) is 6.04 Å². The van der Waals surface area contributed by atoms with Gasteiger partial charge in [-0.25, -0.2) is 0 Å². The molecule has 0 aliphatic rings. The van der Waals surface area contributed by atoms with Crippen LogP contribution >= 0.6 is 0 Å². The summed E-state index contributed by atoms with van der Waals surface area (Å²) in [6.07, 6.45) is 2.72. The SMILES string of the molecule is CCNC(=NCCc1nnc2ccccn12)NC(C)c1ccccc1. The molecule has 2 aromatic heterocycles. The third-order valence-electron chi connectivity index (χ3n) is 3.99. The second kappa shape index (κ2) is 8.28. The molecule has 0 saturated heterocycles. The highest BCUT2D eigenvalue weighted by Gasteiger charge is 2.08. The number of aliphatic imine (C=N–C) groups is 1. The van der Waals surface area contributed by atoms with Crippen molar-refractivity contribution in [2.75, 3.05) is 13.1 Å². The van der Waals surface area contributed by atoms with E-state index in [1.807, 2.05) is 47.0 Å². The Kier molecular flexibility index (Phi) is 5.61. The summed E-state index contributed by atoms with van der Waals surface area (Å²) in [5, 5.41) is 15.2. The zero-order chi connectivity index (χ0) is 17.5. The molecule has 0 radical (unpaired) electrons. The molecule has 0 aliphatic carbocycles. The van der Waals surface area contributed by atoms with Crippen LogP contribution in [0.25, 0.3) is 5.65 Å². The van der Waals surface area contributed by atoms with Crippen LogP contribution in [0.3, 0.4) is 0 Å². The quantitative estimate of drug-likeness (QED) is 0.536. The number of guanidine groups is 1. The van der Waals surface area contributed by atoms with E-state index in [4.69, 9.17) is 0 Å². The van der Waals surface area contributed by atoms with Crippen LogP contribution in [0.2, 0.25) is 0 Å². The standard InChI is InChI=1S/C19H24N6/c1-3-20-19(22-15(2)16-9-5-4-6-10-16)21-13-12-18-24-23-17-11-7-8-14-25(17)18/h4-11,14-15H,3,12-13H2,1-2H3,(H2,20,21,22). The van der Waals surface area contributed by atoms with Crippen LogP contribution in [0.4, 0.5) is 0 Å². The summed E-state index contributed by atoms with van der Waals surface area (Å²) in [5.41, 5.74) is 2.10. The van der Waals surface area contributed by atoms with Crippen LogP contribution in [-0.2, 0) is 6.42 Å². The molecule has 0 aliphatic heterocycles. The van der Waals surface area contributed by atoms with E-state index in [0.717, 1.165) is 30.4 Å². The Morgan fingerprint density at radius 3 is 2.72 bits per heavy atom. The minimum Gasteiger partial charge on any atom is -0.357 e. The molecule has 1 aromatic carbocycles. The molecule has 6 heteroatoms. The van der Waals surface area contributed by atoms with Gasteiger partial charge in [0, 0.05) is 25.7 Å². The van der Waals surface area contributed by atoms with Crippen molar-refractivity contribution in [1.29, 1.82) is 0 Å². The average Bonchev–Trinajstić information content (AvgIpc) is 3.06. The van der Waals surface area contributed by atoms with E-state index in [1.165, 1.54) is 5.56 Å². The summed E-state index contributed by atoms with van der Waals surface area (Å²) < 4.78 is 2.00. The van der Waals surface area contributed by atoms with E-state index in [2.05, 4.69) is 51.8 Å². The Morgan fingerprint density at radius 1 is 1.12 bits per heavy atom. The van der Waals surface area contributed by atoms with Gasteiger partial charge < -0.3 is 10.6 Å². The van der Waals surface area contributed by atoms with E-state index >= 15 is 0 Å². The van der Waals surface area contributed by atoms with Gasteiger partial charge >= 0.3 is 0 Å². The predicted molar refractivity (Wildman–Crippen MR) is 101 cm³/mol. The first-order valence-electron chi connectivity index (χ1n) is 8.66. The van der Waals surface area contributed by atoms with Gasteiger partial charge in [-0.1, -0.05) is 36.4 Å². The highest BCUT2D eigenvalue weighted by atomic mass is 15.2. The number of nitrogens with one attached hydrogen (secondary N) is 2. The Balaban J connectivity index is 1.64. The lowest BCUT2D eigenvalue weighted by atomic mass is 10.1. The fraction of sp³-hybridized carbons (Fsp3) is 0.316. The van der Waals surface area contributed by atoms with Crippen molar-refractivity contribution in [3.63, 3.8) is 0 Å². The van der Waals surface area contributed by atoms with Gasteiger partial charge in [0.2, 0.25) is 0 Å². The van der Waals surface area contributed by atoms with Gasteiger partial charge in [-0.05, 0) is 31.5 Å². The first-order chi connectivity index (χ1) is 12.3. The normalized spacial score (nSPS) is 13.0. The highest BCUT2D eigenvalue weighted by molar-refractivity contribution is 5.80. The summed E-state index contributed by atoms with van der Waals surface area (Å²) in [6.45, 7) is 5.67. The molecule has 25 heavy (non-hydrogen) atoms. The minimum atomic E-state index is 0.188. The predicted octanol–water partition coefficient (Wildman–Crippen LogP) is 2.59. The Hall–Kier alpha value is -2.89. The Morgan fingerprint density at radius 2 is 1.92 bits per heavy atom. The van der Waals surface area contributed by atoms with Crippen LogP contribution in [0, 0.1) is 0 Å². The third-order valence-corrected chi connectivity index (χ3v) is 3.99. The van der Waals surface area contributed by atoms with E-state index in [-0.39, 0.29) is 6.04 Å². The number of hydrogen-bond acceptors (Lipinski definition) is 3. The molecule has 0 bridgehead atoms. The highest BCUT2D eigenvalue weighted by Crippen LogP contribution is 2.10. The van der Waals surface area contributed by atoms with Crippen LogP contribution in [0.1, 0.15) is 31.3 Å². The monoisotopic (exact) mass is 336 g/mol. The van der Waals surface area contributed by atoms with Crippen molar-refractivity contribution in [3.05, 3.63) is 66.1 Å². The second-order valence-corrected chi connectivity index (χ2v) is 5.83. The molecule has 1 unspecified atom stereocenters. The number of aromatic nitrogens is 3. The number of pyridine rings is 1. The smallest absolute Gasteiger partial charge is 0.191 e. The zero-order valence-corrected chi connectivity index (χ0v) is 14.7. The lowest BCUT2D eigenvalue weighted by molar-refractivity contribution is 0.685. The molecule has 2 N–H and O–H groups in total. The lowest BCUT2D eigenvalue weighted by Crippen LogP contribution is -2.38. The molecule has 6 nitrogen and oxygen atoms in total. The first kappa shape index (κ1) is 17.0. The maximum atomic E-state index is 4.67. The molecule has 3 rings (SSSR count). The molecule has 0 fully saturated rings. The molecule has 1 atom stereocenters. The summed E-state index contributed by atoms with van der Waals surface area (Å²) in [7, 11) is 0. The first-order valence-corrected chi connectivity index (χ1v) is 8.66. The number of fused-ring (bicyclic) bond motifs is 1. The topological polar surface area (TPSA) is 66.6 Å². The number of hydrogen-bond donors (Lipinski definition) is 2. The van der Waals surface area contributed by atoms with Gasteiger partial charge in [0.15, 0.2) is 11.6 Å². The van der Waals surface area contributed by atoms with Gasteiger partial charge in [-0.15, -0.1) is 10.2 Å². The lowest BCUT2D eigenvalue weighted by Gasteiger charge is -2.18.